The number of hydrazone groups is 1. The molecule has 0 saturated heterocycles. The van der Waals surface area contributed by atoms with Crippen LogP contribution in [-0.2, 0) is 4.79 Å². The normalized spacial score (nSPS) is 10.8. The first-order valence-corrected chi connectivity index (χ1v) is 13.5. The van der Waals surface area contributed by atoms with E-state index in [9.17, 15) is 4.79 Å². The highest BCUT2D eigenvalue weighted by Gasteiger charge is 2.21. The summed E-state index contributed by atoms with van der Waals surface area (Å²) in [6.45, 7) is 0. The monoisotopic (exact) mass is 593 g/mol. The van der Waals surface area contributed by atoms with Gasteiger partial charge in [0.1, 0.15) is 0 Å². The Labute approximate surface area is 247 Å². The molecule has 0 aliphatic rings. The third-order valence-corrected chi connectivity index (χ3v) is 6.96. The first kappa shape index (κ1) is 30.1. The Balaban J connectivity index is 1.57. The van der Waals surface area contributed by atoms with Gasteiger partial charge < -0.3 is 28.4 Å². The molecule has 0 fully saturated rings. The van der Waals surface area contributed by atoms with Gasteiger partial charge in [-0.05, 0) is 36.4 Å². The van der Waals surface area contributed by atoms with E-state index in [2.05, 4.69) is 20.7 Å². The van der Waals surface area contributed by atoms with Crippen molar-refractivity contribution in [3.8, 4) is 51.6 Å². The number of thioether (sulfide) groups is 1. The number of aromatic nitrogens is 3. The fourth-order valence-corrected chi connectivity index (χ4v) is 4.88. The van der Waals surface area contributed by atoms with E-state index in [1.54, 1.807) is 45.6 Å². The van der Waals surface area contributed by atoms with Crippen molar-refractivity contribution in [2.24, 2.45) is 5.10 Å². The van der Waals surface area contributed by atoms with Gasteiger partial charge >= 0.3 is 0 Å². The average Bonchev–Trinajstić information content (AvgIpc) is 3.46. The van der Waals surface area contributed by atoms with Crippen LogP contribution in [0, 0.1) is 0 Å². The van der Waals surface area contributed by atoms with Gasteiger partial charge in [0.15, 0.2) is 34.0 Å². The number of hydrogen-bond donors (Lipinski definition) is 1. The number of carbonyl (C=O) groups is 1. The van der Waals surface area contributed by atoms with Gasteiger partial charge in [0.2, 0.25) is 11.5 Å². The van der Waals surface area contributed by atoms with Crippen molar-refractivity contribution in [3.63, 3.8) is 0 Å². The van der Waals surface area contributed by atoms with Gasteiger partial charge in [0.25, 0.3) is 5.91 Å². The van der Waals surface area contributed by atoms with Crippen molar-refractivity contribution < 1.29 is 33.2 Å². The minimum absolute atomic E-state index is 0.0284. The predicted molar refractivity (Wildman–Crippen MR) is 159 cm³/mol. The summed E-state index contributed by atoms with van der Waals surface area (Å²) >= 11 is 1.21. The van der Waals surface area contributed by atoms with Crippen LogP contribution in [-0.4, -0.2) is 75.3 Å². The lowest BCUT2D eigenvalue weighted by Crippen LogP contribution is -2.20. The molecular formula is C29H31N5O7S. The number of para-hydroxylation sites is 1. The van der Waals surface area contributed by atoms with E-state index in [-0.39, 0.29) is 11.7 Å². The van der Waals surface area contributed by atoms with E-state index < -0.39 is 0 Å². The Morgan fingerprint density at radius 2 is 1.45 bits per heavy atom. The maximum atomic E-state index is 12.7. The predicted octanol–water partition coefficient (Wildman–Crippen LogP) is 4.23. The van der Waals surface area contributed by atoms with Crippen LogP contribution in [0.3, 0.4) is 0 Å². The Hall–Kier alpha value is -4.91. The number of nitrogens with one attached hydrogen (secondary N) is 1. The smallest absolute Gasteiger partial charge is 0.250 e. The molecule has 4 rings (SSSR count). The molecule has 0 saturated carbocycles. The second-order valence-corrected chi connectivity index (χ2v) is 9.34. The van der Waals surface area contributed by atoms with Crippen LogP contribution in [0.4, 0.5) is 0 Å². The fourth-order valence-electron chi connectivity index (χ4n) is 4.13. The molecule has 1 heterocycles. The van der Waals surface area contributed by atoms with Crippen LogP contribution >= 0.6 is 11.8 Å². The molecule has 0 atom stereocenters. The second-order valence-electron chi connectivity index (χ2n) is 8.40. The number of amides is 1. The Morgan fingerprint density at radius 3 is 2.05 bits per heavy atom. The van der Waals surface area contributed by atoms with E-state index in [0.717, 1.165) is 5.69 Å². The van der Waals surface area contributed by atoms with E-state index in [0.29, 0.717) is 56.6 Å². The Kier molecular flexibility index (Phi) is 10.1. The van der Waals surface area contributed by atoms with Gasteiger partial charge in [-0.2, -0.15) is 5.10 Å². The molecule has 3 aromatic carbocycles. The van der Waals surface area contributed by atoms with Gasteiger partial charge in [-0.1, -0.05) is 30.0 Å². The SMILES string of the molecule is COc1cc(-c2nnc(SCC(=O)N/N=C/c3ccc(OC)c(OC)c3OC)n2-c2ccccc2)cc(OC)c1OC. The van der Waals surface area contributed by atoms with Crippen LogP contribution in [0.25, 0.3) is 17.1 Å². The summed E-state index contributed by atoms with van der Waals surface area (Å²) in [5, 5.41) is 13.4. The maximum absolute atomic E-state index is 12.7. The van der Waals surface area contributed by atoms with Crippen molar-refractivity contribution in [2.45, 2.75) is 5.16 Å². The molecule has 0 spiro atoms. The molecular weight excluding hydrogens is 562 g/mol. The summed E-state index contributed by atoms with van der Waals surface area (Å²) in [5.74, 6) is 3.01. The van der Waals surface area contributed by atoms with Gasteiger partial charge in [-0.25, -0.2) is 5.43 Å². The summed E-state index contributed by atoms with van der Waals surface area (Å²) in [6, 6.07) is 16.6. The Morgan fingerprint density at radius 1 is 0.810 bits per heavy atom. The Bertz CT molecular complexity index is 1530. The number of nitrogens with zero attached hydrogens (tertiary/aromatic N) is 4. The highest BCUT2D eigenvalue weighted by molar-refractivity contribution is 7.99. The minimum atomic E-state index is -0.340. The van der Waals surface area contributed by atoms with Crippen LogP contribution < -0.4 is 33.8 Å². The molecule has 0 aliphatic heterocycles. The van der Waals surface area contributed by atoms with Crippen LogP contribution in [0.15, 0.2) is 64.9 Å². The standard InChI is InChI=1S/C29H31N5O7S/c1-36-21-13-12-18(25(39-4)27(21)41-6)16-30-31-24(35)17-42-29-33-32-28(34(29)20-10-8-7-9-11-20)19-14-22(37-2)26(40-5)23(15-19)38-3/h7-16H,17H2,1-6H3,(H,31,35)/b30-16+. The lowest BCUT2D eigenvalue weighted by atomic mass is 10.1. The zero-order valence-electron chi connectivity index (χ0n) is 24.0. The van der Waals surface area contributed by atoms with Crippen molar-refractivity contribution in [1.82, 2.24) is 20.2 Å². The molecule has 0 aliphatic carbocycles. The summed E-state index contributed by atoms with van der Waals surface area (Å²) in [7, 11) is 9.20. The highest BCUT2D eigenvalue weighted by atomic mass is 32.2. The number of ether oxygens (including phenoxy) is 6. The minimum Gasteiger partial charge on any atom is -0.493 e. The molecule has 1 N–H and O–H groups in total. The summed E-state index contributed by atoms with van der Waals surface area (Å²) in [6.07, 6.45) is 1.47. The first-order chi connectivity index (χ1) is 20.5. The topological polar surface area (TPSA) is 128 Å². The lowest BCUT2D eigenvalue weighted by molar-refractivity contribution is -0.118. The number of methoxy groups -OCH3 is 6. The van der Waals surface area contributed by atoms with Crippen molar-refractivity contribution in [2.75, 3.05) is 48.4 Å². The zero-order chi connectivity index (χ0) is 30.1. The van der Waals surface area contributed by atoms with Crippen LogP contribution in [0.2, 0.25) is 0 Å². The third kappa shape index (κ3) is 6.36. The van der Waals surface area contributed by atoms with Gasteiger partial charge in [0, 0.05) is 16.8 Å². The highest BCUT2D eigenvalue weighted by Crippen LogP contribution is 2.42. The fraction of sp³-hybridized carbons (Fsp3) is 0.241. The van der Waals surface area contributed by atoms with Crippen LogP contribution in [0.5, 0.6) is 34.5 Å². The molecule has 0 unspecified atom stereocenters. The third-order valence-electron chi connectivity index (χ3n) is 6.03. The molecule has 0 bridgehead atoms. The zero-order valence-corrected chi connectivity index (χ0v) is 24.9. The summed E-state index contributed by atoms with van der Waals surface area (Å²) < 4.78 is 34.5. The van der Waals surface area contributed by atoms with E-state index in [4.69, 9.17) is 28.4 Å². The van der Waals surface area contributed by atoms with Crippen LogP contribution in [0.1, 0.15) is 5.56 Å². The molecule has 4 aromatic rings. The summed E-state index contributed by atoms with van der Waals surface area (Å²) in [5.41, 5.74) is 4.63. The largest absolute Gasteiger partial charge is 0.493 e. The molecule has 42 heavy (non-hydrogen) atoms. The first-order valence-electron chi connectivity index (χ1n) is 12.5. The van der Waals surface area contributed by atoms with Gasteiger partial charge in [-0.3, -0.25) is 9.36 Å². The lowest BCUT2D eigenvalue weighted by Gasteiger charge is -2.15. The van der Waals surface area contributed by atoms with Crippen molar-refractivity contribution in [3.05, 3.63) is 60.2 Å². The molecule has 0 radical (unpaired) electrons. The van der Waals surface area contributed by atoms with E-state index in [1.807, 2.05) is 34.9 Å². The quantitative estimate of drug-likeness (QED) is 0.137. The maximum Gasteiger partial charge on any atom is 0.250 e. The van der Waals surface area contributed by atoms with Crippen molar-refractivity contribution in [1.29, 1.82) is 0 Å². The van der Waals surface area contributed by atoms with Gasteiger partial charge in [0.05, 0.1) is 54.6 Å². The second kappa shape index (κ2) is 14.1. The molecule has 1 aromatic heterocycles. The average molecular weight is 594 g/mol. The molecule has 13 heteroatoms. The molecule has 1 amide bonds. The van der Waals surface area contributed by atoms with E-state index >= 15 is 0 Å². The number of benzene rings is 3. The van der Waals surface area contributed by atoms with Gasteiger partial charge in [-0.15, -0.1) is 10.2 Å². The molecule has 12 nitrogen and oxygen atoms in total. The number of carbonyl (C=O) groups excluding carboxylic acids is 1. The molecule has 220 valence electrons. The van der Waals surface area contributed by atoms with E-state index in [1.165, 1.54) is 39.3 Å². The number of rotatable bonds is 13. The number of hydrogen-bond acceptors (Lipinski definition) is 11. The van der Waals surface area contributed by atoms with Crippen molar-refractivity contribution >= 4 is 23.9 Å². The summed E-state index contributed by atoms with van der Waals surface area (Å²) in [4.78, 5) is 12.7.